The fraction of sp³-hybridized carbons (Fsp3) is 0.538. The zero-order valence-corrected chi connectivity index (χ0v) is 14.1. The van der Waals surface area contributed by atoms with Gasteiger partial charge in [0.05, 0.1) is 5.75 Å². The Hall–Kier alpha value is -0.570. The standard InChI is InChI=1S/C13H20N2O3S3/c14-11-1-3-13(4-2-11)19-7-10-21(17,18)15-12-5-8-20(16)9-6-12/h1-4,12,15H,5-10,14H2. The second kappa shape index (κ2) is 7.62. The summed E-state index contributed by atoms with van der Waals surface area (Å²) in [5.41, 5.74) is 6.30. The minimum absolute atomic E-state index is 0.0609. The van der Waals surface area contributed by atoms with Crippen molar-refractivity contribution in [3.8, 4) is 0 Å². The summed E-state index contributed by atoms with van der Waals surface area (Å²) in [5.74, 6) is 1.76. The molecule has 0 bridgehead atoms. The molecule has 1 heterocycles. The molecule has 1 saturated heterocycles. The van der Waals surface area contributed by atoms with Crippen molar-refractivity contribution in [2.45, 2.75) is 23.8 Å². The highest BCUT2D eigenvalue weighted by atomic mass is 32.2. The van der Waals surface area contributed by atoms with Crippen molar-refractivity contribution in [2.75, 3.05) is 28.7 Å². The molecule has 0 saturated carbocycles. The first-order valence-corrected chi connectivity index (χ1v) is 10.9. The smallest absolute Gasteiger partial charge is 0.212 e. The minimum Gasteiger partial charge on any atom is -0.399 e. The minimum atomic E-state index is -3.27. The number of anilines is 1. The molecule has 0 unspecified atom stereocenters. The van der Waals surface area contributed by atoms with Gasteiger partial charge < -0.3 is 5.73 Å². The van der Waals surface area contributed by atoms with E-state index in [-0.39, 0.29) is 11.8 Å². The molecule has 1 aromatic rings. The van der Waals surface area contributed by atoms with Gasteiger partial charge in [0.15, 0.2) is 0 Å². The number of hydrogen-bond acceptors (Lipinski definition) is 5. The molecule has 21 heavy (non-hydrogen) atoms. The fourth-order valence-corrected chi connectivity index (χ4v) is 5.99. The van der Waals surface area contributed by atoms with Crippen LogP contribution in [0.3, 0.4) is 0 Å². The Morgan fingerprint density at radius 2 is 1.86 bits per heavy atom. The molecule has 0 atom stereocenters. The van der Waals surface area contributed by atoms with E-state index < -0.39 is 20.8 Å². The number of hydrogen-bond donors (Lipinski definition) is 2. The van der Waals surface area contributed by atoms with E-state index in [1.54, 1.807) is 12.1 Å². The van der Waals surface area contributed by atoms with Crippen molar-refractivity contribution in [3.05, 3.63) is 24.3 Å². The van der Waals surface area contributed by atoms with Crippen LogP contribution in [0.15, 0.2) is 29.2 Å². The second-order valence-corrected chi connectivity index (χ2v) is 9.71. The van der Waals surface area contributed by atoms with Gasteiger partial charge in [0.1, 0.15) is 0 Å². The van der Waals surface area contributed by atoms with Crippen LogP contribution in [0.25, 0.3) is 0 Å². The molecule has 1 fully saturated rings. The van der Waals surface area contributed by atoms with Crippen LogP contribution in [-0.2, 0) is 20.8 Å². The van der Waals surface area contributed by atoms with E-state index in [0.717, 1.165) is 4.90 Å². The quantitative estimate of drug-likeness (QED) is 0.595. The lowest BCUT2D eigenvalue weighted by Crippen LogP contribution is -2.40. The Balaban J connectivity index is 1.76. The molecular weight excluding hydrogens is 328 g/mol. The third kappa shape index (κ3) is 5.98. The van der Waals surface area contributed by atoms with Crippen LogP contribution in [0, 0.1) is 0 Å². The molecule has 8 heteroatoms. The van der Waals surface area contributed by atoms with Crippen molar-refractivity contribution in [2.24, 2.45) is 0 Å². The third-order valence-electron chi connectivity index (χ3n) is 3.24. The van der Waals surface area contributed by atoms with E-state index in [0.29, 0.717) is 35.8 Å². The molecule has 1 aromatic carbocycles. The molecule has 0 aliphatic carbocycles. The predicted octanol–water partition coefficient (Wildman–Crippen LogP) is 1.19. The highest BCUT2D eigenvalue weighted by Crippen LogP contribution is 2.19. The molecule has 3 N–H and O–H groups in total. The Bertz CT molecular complexity index is 577. The Kier molecular flexibility index (Phi) is 6.09. The van der Waals surface area contributed by atoms with E-state index in [9.17, 15) is 12.6 Å². The average molecular weight is 349 g/mol. The zero-order chi connectivity index (χ0) is 15.3. The first kappa shape index (κ1) is 16.8. The molecule has 1 aliphatic rings. The summed E-state index contributed by atoms with van der Waals surface area (Å²) in [7, 11) is -4.04. The summed E-state index contributed by atoms with van der Waals surface area (Å²) < 4.78 is 38.0. The summed E-state index contributed by atoms with van der Waals surface area (Å²) in [6.07, 6.45) is 1.33. The third-order valence-corrected chi connectivity index (χ3v) is 7.32. The van der Waals surface area contributed by atoms with Crippen LogP contribution in [-0.4, -0.2) is 41.7 Å². The van der Waals surface area contributed by atoms with Gasteiger partial charge in [0, 0.05) is 44.7 Å². The normalized spacial score (nSPS) is 23.0. The summed E-state index contributed by atoms with van der Waals surface area (Å²) in [5, 5.41) is 0. The predicted molar refractivity (Wildman–Crippen MR) is 89.4 cm³/mol. The zero-order valence-electron chi connectivity index (χ0n) is 11.7. The van der Waals surface area contributed by atoms with Crippen LogP contribution in [0.1, 0.15) is 12.8 Å². The number of rotatable bonds is 6. The fourth-order valence-electron chi connectivity index (χ4n) is 2.06. The molecule has 0 amide bonds. The van der Waals surface area contributed by atoms with E-state index in [1.165, 1.54) is 11.8 Å². The van der Waals surface area contributed by atoms with E-state index in [1.807, 2.05) is 12.1 Å². The monoisotopic (exact) mass is 348 g/mol. The highest BCUT2D eigenvalue weighted by Gasteiger charge is 2.22. The summed E-state index contributed by atoms with van der Waals surface area (Å²) >= 11 is 1.50. The average Bonchev–Trinajstić information content (AvgIpc) is 2.43. The van der Waals surface area contributed by atoms with Crippen LogP contribution in [0.2, 0.25) is 0 Å². The van der Waals surface area contributed by atoms with Crippen LogP contribution < -0.4 is 10.5 Å². The van der Waals surface area contributed by atoms with Gasteiger partial charge >= 0.3 is 0 Å². The molecule has 118 valence electrons. The molecule has 5 nitrogen and oxygen atoms in total. The van der Waals surface area contributed by atoms with Crippen LogP contribution in [0.5, 0.6) is 0 Å². The summed E-state index contributed by atoms with van der Waals surface area (Å²) in [6, 6.07) is 7.32. The first-order valence-electron chi connectivity index (χ1n) is 6.78. The topological polar surface area (TPSA) is 89.3 Å². The number of benzene rings is 1. The number of nitrogens with two attached hydrogens (primary N) is 1. The van der Waals surface area contributed by atoms with E-state index in [4.69, 9.17) is 5.73 Å². The largest absolute Gasteiger partial charge is 0.399 e. The van der Waals surface area contributed by atoms with Crippen molar-refractivity contribution in [1.29, 1.82) is 0 Å². The van der Waals surface area contributed by atoms with Crippen molar-refractivity contribution in [3.63, 3.8) is 0 Å². The lowest BCUT2D eigenvalue weighted by atomic mass is 10.2. The molecular formula is C13H20N2O3S3. The Labute approximate surface area is 132 Å². The summed E-state index contributed by atoms with van der Waals surface area (Å²) in [6.45, 7) is 0. The lowest BCUT2D eigenvalue weighted by Gasteiger charge is -2.22. The van der Waals surface area contributed by atoms with Crippen molar-refractivity contribution in [1.82, 2.24) is 4.72 Å². The molecule has 2 rings (SSSR count). The number of nitrogen functional groups attached to an aromatic ring is 1. The van der Waals surface area contributed by atoms with Gasteiger partial charge in [-0.15, -0.1) is 11.8 Å². The summed E-state index contributed by atoms with van der Waals surface area (Å²) in [4.78, 5) is 1.01. The van der Waals surface area contributed by atoms with Gasteiger partial charge in [0.25, 0.3) is 0 Å². The van der Waals surface area contributed by atoms with Gasteiger partial charge in [-0.3, -0.25) is 4.21 Å². The maximum atomic E-state index is 12.0. The van der Waals surface area contributed by atoms with E-state index in [2.05, 4.69) is 4.72 Å². The molecule has 1 aliphatic heterocycles. The van der Waals surface area contributed by atoms with Crippen molar-refractivity contribution >= 4 is 38.3 Å². The van der Waals surface area contributed by atoms with Crippen LogP contribution >= 0.6 is 11.8 Å². The lowest BCUT2D eigenvalue weighted by molar-refractivity contribution is 0.523. The Morgan fingerprint density at radius 3 is 2.48 bits per heavy atom. The molecule has 0 spiro atoms. The SMILES string of the molecule is Nc1ccc(SCCS(=O)(=O)NC2CCS(=O)CC2)cc1. The molecule has 0 aromatic heterocycles. The van der Waals surface area contributed by atoms with E-state index >= 15 is 0 Å². The molecule has 0 radical (unpaired) electrons. The van der Waals surface area contributed by atoms with Gasteiger partial charge in [-0.2, -0.15) is 0 Å². The van der Waals surface area contributed by atoms with Gasteiger partial charge in [0.2, 0.25) is 10.0 Å². The van der Waals surface area contributed by atoms with Crippen LogP contribution in [0.4, 0.5) is 5.69 Å². The number of nitrogens with one attached hydrogen (secondary N) is 1. The number of thioether (sulfide) groups is 1. The second-order valence-electron chi connectivity index (χ2n) is 4.98. The van der Waals surface area contributed by atoms with Gasteiger partial charge in [-0.1, -0.05) is 0 Å². The first-order chi connectivity index (χ1) is 9.94. The van der Waals surface area contributed by atoms with Crippen molar-refractivity contribution < 1.29 is 12.6 Å². The maximum Gasteiger partial charge on any atom is 0.212 e. The van der Waals surface area contributed by atoms with Gasteiger partial charge in [-0.05, 0) is 37.1 Å². The number of sulfonamides is 1. The highest BCUT2D eigenvalue weighted by molar-refractivity contribution is 8.00. The Morgan fingerprint density at radius 1 is 1.24 bits per heavy atom. The maximum absolute atomic E-state index is 12.0. The van der Waals surface area contributed by atoms with Gasteiger partial charge in [-0.25, -0.2) is 13.1 Å².